The quantitative estimate of drug-likeness (QED) is 0.125. The van der Waals surface area contributed by atoms with E-state index in [0.717, 1.165) is 35.4 Å². The number of carbonyl (C=O) groups excluding carboxylic acids is 4. The van der Waals surface area contributed by atoms with Crippen molar-refractivity contribution >= 4 is 78.3 Å². The van der Waals surface area contributed by atoms with E-state index in [0.29, 0.717) is 28.4 Å². The smallest absolute Gasteiger partial charge is 0.329 e. The number of halogens is 2. The van der Waals surface area contributed by atoms with E-state index in [2.05, 4.69) is 94.0 Å². The number of benzene rings is 2. The van der Waals surface area contributed by atoms with Gasteiger partial charge in [-0.15, -0.1) is 22.7 Å². The number of ether oxygens (including phenoxy) is 2. The largest absolute Gasteiger partial charge is 0.458 e. The topological polar surface area (TPSA) is 137 Å². The van der Waals surface area contributed by atoms with Crippen molar-refractivity contribution in [3.63, 3.8) is 0 Å². The van der Waals surface area contributed by atoms with Crippen molar-refractivity contribution in [2.75, 3.05) is 0 Å². The summed E-state index contributed by atoms with van der Waals surface area (Å²) in [5.41, 5.74) is 1.34. The fourth-order valence-corrected chi connectivity index (χ4v) is 8.06. The van der Waals surface area contributed by atoms with E-state index < -0.39 is 35.2 Å². The predicted octanol–water partition coefficient (Wildman–Crippen LogP) is 11.4. The lowest BCUT2D eigenvalue weighted by Crippen LogP contribution is -2.45. The van der Waals surface area contributed by atoms with E-state index in [9.17, 15) is 19.2 Å². The average Bonchev–Trinajstić information content (AvgIpc) is 3.87. The number of esters is 2. The first-order valence-electron chi connectivity index (χ1n) is 20.3. The normalized spacial score (nSPS) is 12.9. The maximum absolute atomic E-state index is 13.0. The van der Waals surface area contributed by atoms with Crippen LogP contribution < -0.4 is 10.6 Å². The van der Waals surface area contributed by atoms with E-state index >= 15 is 0 Å². The van der Waals surface area contributed by atoms with Gasteiger partial charge in [0.2, 0.25) is 0 Å². The zero-order chi connectivity index (χ0) is 46.2. The number of hydrogen-bond acceptors (Lipinski definition) is 10. The summed E-state index contributed by atoms with van der Waals surface area (Å²) in [6.45, 7) is 23.5. The Balaban J connectivity index is 0.000000278. The summed E-state index contributed by atoms with van der Waals surface area (Å²) in [6.07, 6.45) is 4.06. The van der Waals surface area contributed by atoms with Crippen molar-refractivity contribution in [1.29, 1.82) is 0 Å². The summed E-state index contributed by atoms with van der Waals surface area (Å²) < 4.78 is 12.9. The van der Waals surface area contributed by atoms with Crippen molar-refractivity contribution in [1.82, 2.24) is 20.6 Å². The molecule has 0 bridgehead atoms. The van der Waals surface area contributed by atoms with Crippen LogP contribution in [0.2, 0.25) is 0 Å². The standard InChI is InChI=1S/C26H30BrN3O3S.C22H28BrNO3S/c1-25(2,3)21-12-11-20(34-21)23(31)30-19(24(32)33-26(4,5)6)13-16-7-9-17(10-8-16)22-28-14-18(27)15-29-22;1-21(2,3)18-12-11-17(28-18)19(25)24-16(20(26)27-22(4,5)6)13-14-7-9-15(23)10-8-14/h7-12,14-15,19H,13H2,1-6H3,(H,30,31);7-12,16H,13H2,1-6H3,(H,24,25)/t19-;16-/m00/s1. The highest BCUT2D eigenvalue weighted by molar-refractivity contribution is 9.10. The van der Waals surface area contributed by atoms with Crippen LogP contribution in [0.3, 0.4) is 0 Å². The Bertz CT molecular complexity index is 2300. The highest BCUT2D eigenvalue weighted by Gasteiger charge is 2.30. The number of carbonyl (C=O) groups is 4. The SMILES string of the molecule is CC(C)(C)OC(=O)[C@H](Cc1ccc(-c2ncc(Br)cn2)cc1)NC(=O)c1ccc(C(C)(C)C)s1.CC(C)(C)OC(=O)[C@H](Cc1ccc(Br)cc1)NC(=O)c1ccc(C(C)(C)C)s1. The van der Waals surface area contributed by atoms with Crippen molar-refractivity contribution < 1.29 is 28.7 Å². The highest BCUT2D eigenvalue weighted by Crippen LogP contribution is 2.31. The van der Waals surface area contributed by atoms with Crippen molar-refractivity contribution in [3.8, 4) is 11.4 Å². The van der Waals surface area contributed by atoms with Crippen molar-refractivity contribution in [2.24, 2.45) is 0 Å². The minimum absolute atomic E-state index is 0.0226. The monoisotopic (exact) mass is 1010 g/mol. The molecule has 0 aliphatic heterocycles. The molecule has 3 heterocycles. The lowest BCUT2D eigenvalue weighted by molar-refractivity contribution is -0.158. The maximum Gasteiger partial charge on any atom is 0.329 e. The number of thiophene rings is 2. The van der Waals surface area contributed by atoms with Crippen LogP contribution in [-0.2, 0) is 42.7 Å². The second-order valence-electron chi connectivity index (χ2n) is 18.9. The fourth-order valence-electron chi connectivity index (χ4n) is 5.66. The molecule has 0 aliphatic rings. The maximum atomic E-state index is 13.0. The minimum Gasteiger partial charge on any atom is -0.458 e. The number of nitrogens with zero attached hydrogens (tertiary/aromatic N) is 2. The molecule has 2 atom stereocenters. The second-order valence-corrected chi connectivity index (χ2v) is 22.9. The molecule has 2 aromatic carbocycles. The Morgan fingerprint density at radius 1 is 0.548 bits per heavy atom. The molecule has 2 amide bonds. The molecule has 14 heteroatoms. The Morgan fingerprint density at radius 2 is 0.919 bits per heavy atom. The fraction of sp³-hybridized carbons (Fsp3) is 0.417. The van der Waals surface area contributed by atoms with Crippen LogP contribution in [0.5, 0.6) is 0 Å². The Hall–Kier alpha value is -4.24. The number of rotatable bonds is 11. The second kappa shape index (κ2) is 21.0. The molecular weight excluding hydrogens is 952 g/mol. The van der Waals surface area contributed by atoms with Gasteiger partial charge in [-0.2, -0.15) is 0 Å². The molecular formula is C48H58Br2N4O6S2. The van der Waals surface area contributed by atoms with E-state index in [4.69, 9.17) is 9.47 Å². The Labute approximate surface area is 391 Å². The lowest BCUT2D eigenvalue weighted by Gasteiger charge is -2.24. The molecule has 0 aliphatic carbocycles. The van der Waals surface area contributed by atoms with Gasteiger partial charge in [-0.25, -0.2) is 19.6 Å². The predicted molar refractivity (Wildman–Crippen MR) is 257 cm³/mol. The molecule has 0 fully saturated rings. The molecule has 10 nitrogen and oxygen atoms in total. The summed E-state index contributed by atoms with van der Waals surface area (Å²) in [5, 5.41) is 5.76. The van der Waals surface area contributed by atoms with Crippen LogP contribution in [0, 0.1) is 0 Å². The van der Waals surface area contributed by atoms with E-state index in [1.54, 1.807) is 18.5 Å². The van der Waals surface area contributed by atoms with E-state index in [1.165, 1.54) is 22.7 Å². The van der Waals surface area contributed by atoms with Crippen LogP contribution in [0.1, 0.15) is 123 Å². The van der Waals surface area contributed by atoms with Crippen LogP contribution in [-0.4, -0.2) is 57.0 Å². The summed E-state index contributed by atoms with van der Waals surface area (Å²) in [5.74, 6) is -0.825. The lowest BCUT2D eigenvalue weighted by atomic mass is 9.95. The third-order valence-electron chi connectivity index (χ3n) is 8.76. The third kappa shape index (κ3) is 16.1. The first-order chi connectivity index (χ1) is 28.7. The molecule has 0 spiro atoms. The number of nitrogens with one attached hydrogen (secondary N) is 2. The van der Waals surface area contributed by atoms with Gasteiger partial charge in [-0.05, 0) is 116 Å². The average molecular weight is 1010 g/mol. The molecule has 0 saturated carbocycles. The number of hydrogen-bond donors (Lipinski definition) is 2. The Kier molecular flexibility index (Phi) is 17.0. The summed E-state index contributed by atoms with van der Waals surface area (Å²) >= 11 is 9.64. The molecule has 5 rings (SSSR count). The third-order valence-corrected chi connectivity index (χ3v) is 12.7. The van der Waals surface area contributed by atoms with Crippen LogP contribution in [0.4, 0.5) is 0 Å². The van der Waals surface area contributed by atoms with Gasteiger partial charge in [0.05, 0.1) is 14.2 Å². The number of amides is 2. The van der Waals surface area contributed by atoms with E-state index in [-0.39, 0.29) is 22.6 Å². The molecule has 3 aromatic heterocycles. The van der Waals surface area contributed by atoms with Gasteiger partial charge < -0.3 is 20.1 Å². The molecule has 0 radical (unpaired) electrons. The molecule has 62 heavy (non-hydrogen) atoms. The van der Waals surface area contributed by atoms with Crippen LogP contribution in [0.15, 0.2) is 94.1 Å². The van der Waals surface area contributed by atoms with Gasteiger partial charge in [0, 0.05) is 45.0 Å². The molecule has 0 unspecified atom stereocenters. The van der Waals surface area contributed by atoms with Crippen molar-refractivity contribution in [2.45, 2.75) is 130 Å². The van der Waals surface area contributed by atoms with Gasteiger partial charge in [-0.3, -0.25) is 9.59 Å². The zero-order valence-corrected chi connectivity index (χ0v) is 42.4. The Morgan fingerprint density at radius 3 is 1.26 bits per heavy atom. The minimum atomic E-state index is -0.818. The molecule has 2 N–H and O–H groups in total. The first kappa shape index (κ1) is 50.4. The van der Waals surface area contributed by atoms with Crippen LogP contribution in [0.25, 0.3) is 11.4 Å². The zero-order valence-electron chi connectivity index (χ0n) is 37.6. The van der Waals surface area contributed by atoms with Crippen molar-refractivity contribution in [3.05, 3.63) is 125 Å². The summed E-state index contributed by atoms with van der Waals surface area (Å²) in [6, 6.07) is 21.3. The van der Waals surface area contributed by atoms with Gasteiger partial charge in [0.1, 0.15) is 23.3 Å². The van der Waals surface area contributed by atoms with E-state index in [1.807, 2.05) is 108 Å². The summed E-state index contributed by atoms with van der Waals surface area (Å²) in [7, 11) is 0. The number of aromatic nitrogens is 2. The molecule has 5 aromatic rings. The molecule has 332 valence electrons. The first-order valence-corrected chi connectivity index (χ1v) is 23.5. The molecule has 0 saturated heterocycles. The van der Waals surface area contributed by atoms with Gasteiger partial charge >= 0.3 is 11.9 Å². The van der Waals surface area contributed by atoms with Gasteiger partial charge in [-0.1, -0.05) is 93.9 Å². The van der Waals surface area contributed by atoms with Gasteiger partial charge in [0.15, 0.2) is 5.82 Å². The summed E-state index contributed by atoms with van der Waals surface area (Å²) in [4.78, 5) is 63.5. The highest BCUT2D eigenvalue weighted by atomic mass is 79.9. The van der Waals surface area contributed by atoms with Crippen LogP contribution >= 0.6 is 54.5 Å². The van der Waals surface area contributed by atoms with Gasteiger partial charge in [0.25, 0.3) is 11.8 Å².